The second kappa shape index (κ2) is 5.33. The molecule has 0 spiro atoms. The summed E-state index contributed by atoms with van der Waals surface area (Å²) in [7, 11) is 0. The van der Waals surface area contributed by atoms with Gasteiger partial charge in [-0.2, -0.15) is 0 Å². The lowest BCUT2D eigenvalue weighted by molar-refractivity contribution is 0.185. The number of aliphatic hydroxyl groups is 1. The largest absolute Gasteiger partial charge is 0.385 e. The molecule has 5 heteroatoms. The van der Waals surface area contributed by atoms with Crippen molar-refractivity contribution in [2.24, 2.45) is 0 Å². The minimum absolute atomic E-state index is 0.610. The average Bonchev–Trinajstić information content (AvgIpc) is 3.02. The molecule has 0 saturated heterocycles. The predicted molar refractivity (Wildman–Crippen MR) is 80.1 cm³/mol. The van der Waals surface area contributed by atoms with E-state index in [0.29, 0.717) is 12.4 Å². The summed E-state index contributed by atoms with van der Waals surface area (Å²) < 4.78 is 7.34. The summed E-state index contributed by atoms with van der Waals surface area (Å²) >= 11 is 0. The molecule has 21 heavy (non-hydrogen) atoms. The molecule has 2 aromatic heterocycles. The van der Waals surface area contributed by atoms with E-state index in [4.69, 9.17) is 4.52 Å². The predicted octanol–water partition coefficient (Wildman–Crippen LogP) is 3.00. The highest BCUT2D eigenvalue weighted by Crippen LogP contribution is 2.24. The Morgan fingerprint density at radius 2 is 2.10 bits per heavy atom. The summed E-state index contributed by atoms with van der Waals surface area (Å²) in [6.07, 6.45) is 0.200. The highest BCUT2D eigenvalue weighted by Gasteiger charge is 2.18. The lowest BCUT2D eigenvalue weighted by Gasteiger charge is -2.11. The molecular formula is C16H19N3O2. The van der Waals surface area contributed by atoms with E-state index < -0.39 is 6.10 Å². The molecule has 1 aromatic carbocycles. The highest BCUT2D eigenvalue weighted by atomic mass is 16.5. The van der Waals surface area contributed by atoms with Crippen LogP contribution in [-0.4, -0.2) is 19.8 Å². The maximum Gasteiger partial charge on any atom is 0.138 e. The first-order chi connectivity index (χ1) is 10.1. The van der Waals surface area contributed by atoms with Gasteiger partial charge in [0.25, 0.3) is 0 Å². The first-order valence-electron chi connectivity index (χ1n) is 7.19. The molecule has 1 N–H and O–H groups in total. The normalized spacial score (nSPS) is 13.0. The molecule has 0 amide bonds. The Morgan fingerprint density at radius 1 is 1.33 bits per heavy atom. The molecule has 1 unspecified atom stereocenters. The summed E-state index contributed by atoms with van der Waals surface area (Å²) in [5.74, 6) is 1.49. The number of para-hydroxylation sites is 2. The van der Waals surface area contributed by atoms with Gasteiger partial charge < -0.3 is 14.2 Å². The van der Waals surface area contributed by atoms with E-state index in [2.05, 4.69) is 17.1 Å². The Bertz CT molecular complexity index is 771. The third kappa shape index (κ3) is 2.34. The summed E-state index contributed by atoms with van der Waals surface area (Å²) in [4.78, 5) is 4.54. The molecule has 0 aliphatic heterocycles. The van der Waals surface area contributed by atoms with Crippen LogP contribution in [0, 0.1) is 6.92 Å². The molecule has 110 valence electrons. The van der Waals surface area contributed by atoms with Crippen LogP contribution < -0.4 is 0 Å². The van der Waals surface area contributed by atoms with Crippen LogP contribution in [0.2, 0.25) is 0 Å². The topological polar surface area (TPSA) is 64.1 Å². The number of rotatable bonds is 4. The van der Waals surface area contributed by atoms with E-state index in [0.717, 1.165) is 34.5 Å². The number of aliphatic hydroxyl groups excluding tert-OH is 1. The third-order valence-corrected chi connectivity index (χ3v) is 3.77. The van der Waals surface area contributed by atoms with Crippen molar-refractivity contribution in [1.29, 1.82) is 0 Å². The Labute approximate surface area is 123 Å². The Balaban J connectivity index is 2.15. The Hall–Kier alpha value is -2.14. The van der Waals surface area contributed by atoms with Crippen LogP contribution in [0.1, 0.15) is 42.8 Å². The summed E-state index contributed by atoms with van der Waals surface area (Å²) in [6.45, 7) is 6.32. The van der Waals surface area contributed by atoms with Gasteiger partial charge in [-0.15, -0.1) is 0 Å². The average molecular weight is 285 g/mol. The molecule has 0 fully saturated rings. The van der Waals surface area contributed by atoms with Crippen molar-refractivity contribution in [3.63, 3.8) is 0 Å². The van der Waals surface area contributed by atoms with Crippen LogP contribution in [0.25, 0.3) is 11.0 Å². The molecule has 0 aliphatic carbocycles. The Morgan fingerprint density at radius 3 is 2.81 bits per heavy atom. The maximum atomic E-state index is 10.0. The standard InChI is InChI=1S/C16H19N3O2/c1-4-13-12(11(3)21-18-13)9-19-15-8-6-5-7-14(15)17-16(19)10(2)20/h5-8,10,20H,4,9H2,1-3H3. The number of hydrogen-bond donors (Lipinski definition) is 1. The van der Waals surface area contributed by atoms with Crippen molar-refractivity contribution in [1.82, 2.24) is 14.7 Å². The fourth-order valence-corrected chi connectivity index (χ4v) is 2.65. The highest BCUT2D eigenvalue weighted by molar-refractivity contribution is 5.76. The van der Waals surface area contributed by atoms with Crippen LogP contribution >= 0.6 is 0 Å². The van der Waals surface area contributed by atoms with Crippen molar-refractivity contribution in [2.45, 2.75) is 39.8 Å². The number of hydrogen-bond acceptors (Lipinski definition) is 4. The second-order valence-corrected chi connectivity index (χ2v) is 5.24. The summed E-state index contributed by atoms with van der Waals surface area (Å²) in [5.41, 5.74) is 3.93. The van der Waals surface area contributed by atoms with Crippen LogP contribution in [0.5, 0.6) is 0 Å². The van der Waals surface area contributed by atoms with Gasteiger partial charge in [-0.05, 0) is 32.4 Å². The van der Waals surface area contributed by atoms with Gasteiger partial charge in [0, 0.05) is 5.56 Å². The van der Waals surface area contributed by atoms with E-state index in [-0.39, 0.29) is 0 Å². The van der Waals surface area contributed by atoms with Gasteiger partial charge in [0.2, 0.25) is 0 Å². The molecule has 0 aliphatic rings. The number of nitrogens with zero attached hydrogens (tertiary/aromatic N) is 3. The van der Waals surface area contributed by atoms with E-state index >= 15 is 0 Å². The molecular weight excluding hydrogens is 266 g/mol. The van der Waals surface area contributed by atoms with Gasteiger partial charge in [-0.3, -0.25) is 0 Å². The van der Waals surface area contributed by atoms with Crippen LogP contribution in [-0.2, 0) is 13.0 Å². The van der Waals surface area contributed by atoms with Gasteiger partial charge >= 0.3 is 0 Å². The monoisotopic (exact) mass is 285 g/mol. The SMILES string of the molecule is CCc1noc(C)c1Cn1c(C(C)O)nc2ccccc21. The number of aromatic nitrogens is 3. The lowest BCUT2D eigenvalue weighted by atomic mass is 10.1. The van der Waals surface area contributed by atoms with Gasteiger partial charge in [0.15, 0.2) is 0 Å². The zero-order chi connectivity index (χ0) is 15.0. The number of imidazole rings is 1. The quantitative estimate of drug-likeness (QED) is 0.800. The first-order valence-corrected chi connectivity index (χ1v) is 7.19. The van der Waals surface area contributed by atoms with Crippen LogP contribution in [0.3, 0.4) is 0 Å². The fourth-order valence-electron chi connectivity index (χ4n) is 2.65. The minimum atomic E-state index is -0.623. The zero-order valence-electron chi connectivity index (χ0n) is 12.5. The van der Waals surface area contributed by atoms with Gasteiger partial charge in [-0.1, -0.05) is 24.2 Å². The van der Waals surface area contributed by atoms with Crippen LogP contribution in [0.15, 0.2) is 28.8 Å². The van der Waals surface area contributed by atoms with Gasteiger partial charge in [-0.25, -0.2) is 4.98 Å². The van der Waals surface area contributed by atoms with Crippen LogP contribution in [0.4, 0.5) is 0 Å². The lowest BCUT2D eigenvalue weighted by Crippen LogP contribution is -2.09. The molecule has 3 rings (SSSR count). The minimum Gasteiger partial charge on any atom is -0.385 e. The van der Waals surface area contributed by atoms with Crippen molar-refractivity contribution in [3.8, 4) is 0 Å². The van der Waals surface area contributed by atoms with E-state index in [1.165, 1.54) is 0 Å². The van der Waals surface area contributed by atoms with Crippen molar-refractivity contribution in [2.75, 3.05) is 0 Å². The summed E-state index contributed by atoms with van der Waals surface area (Å²) in [5, 5.41) is 14.1. The van der Waals surface area contributed by atoms with E-state index in [1.54, 1.807) is 6.92 Å². The van der Waals surface area contributed by atoms with Crippen molar-refractivity contribution in [3.05, 3.63) is 47.1 Å². The van der Waals surface area contributed by atoms with Crippen molar-refractivity contribution >= 4 is 11.0 Å². The molecule has 2 heterocycles. The van der Waals surface area contributed by atoms with E-state index in [1.807, 2.05) is 35.8 Å². The molecule has 3 aromatic rings. The maximum absolute atomic E-state index is 10.0. The number of benzene rings is 1. The van der Waals surface area contributed by atoms with Crippen molar-refractivity contribution < 1.29 is 9.63 Å². The zero-order valence-corrected chi connectivity index (χ0v) is 12.5. The smallest absolute Gasteiger partial charge is 0.138 e. The fraction of sp³-hybridized carbons (Fsp3) is 0.375. The number of fused-ring (bicyclic) bond motifs is 1. The first kappa shape index (κ1) is 13.8. The molecule has 5 nitrogen and oxygen atoms in total. The molecule has 0 saturated carbocycles. The molecule has 0 bridgehead atoms. The number of aryl methyl sites for hydroxylation is 2. The van der Waals surface area contributed by atoms with E-state index in [9.17, 15) is 5.11 Å². The third-order valence-electron chi connectivity index (χ3n) is 3.77. The van der Waals surface area contributed by atoms with Gasteiger partial charge in [0.1, 0.15) is 17.7 Å². The second-order valence-electron chi connectivity index (χ2n) is 5.24. The molecule has 0 radical (unpaired) electrons. The Kier molecular flexibility index (Phi) is 3.51. The van der Waals surface area contributed by atoms with Gasteiger partial charge in [0.05, 0.1) is 23.3 Å². The summed E-state index contributed by atoms with van der Waals surface area (Å²) in [6, 6.07) is 7.91. The molecule has 1 atom stereocenters.